The third-order valence-corrected chi connectivity index (χ3v) is 9.42. The zero-order valence-electron chi connectivity index (χ0n) is 20.7. The molecule has 2 aromatic heterocycles. The van der Waals surface area contributed by atoms with Crippen LogP contribution in [0.3, 0.4) is 0 Å². The minimum Gasteiger partial charge on any atom is -0.477 e. The molecule has 2 unspecified atom stereocenters. The molecular formula is C20H23N8O7S4+. The van der Waals surface area contributed by atoms with Crippen molar-refractivity contribution in [1.29, 1.82) is 0 Å². The van der Waals surface area contributed by atoms with Gasteiger partial charge in [0.1, 0.15) is 34.4 Å². The maximum absolute atomic E-state index is 13.1. The van der Waals surface area contributed by atoms with Crippen LogP contribution in [-0.2, 0) is 28.8 Å². The largest absolute Gasteiger partial charge is 0.477 e. The van der Waals surface area contributed by atoms with Gasteiger partial charge >= 0.3 is 22.9 Å². The summed E-state index contributed by atoms with van der Waals surface area (Å²) in [5.74, 6) is -2.64. The lowest BCUT2D eigenvalue weighted by atomic mass is 10.0. The highest BCUT2D eigenvalue weighted by Gasteiger charge is 2.55. The van der Waals surface area contributed by atoms with Crippen LogP contribution in [0.2, 0.25) is 0 Å². The predicted molar refractivity (Wildman–Crippen MR) is 144 cm³/mol. The molecule has 2 aliphatic rings. The Morgan fingerprint density at radius 1 is 1.38 bits per heavy atom. The lowest BCUT2D eigenvalue weighted by Gasteiger charge is -2.49. The monoisotopic (exact) mass is 615 g/mol. The highest BCUT2D eigenvalue weighted by molar-refractivity contribution is 8.01. The molecule has 4 rings (SSSR count). The van der Waals surface area contributed by atoms with Gasteiger partial charge in [-0.2, -0.15) is 0 Å². The number of aromatic nitrogens is 4. The molecule has 4 heterocycles. The van der Waals surface area contributed by atoms with Crippen molar-refractivity contribution in [2.75, 3.05) is 23.8 Å². The molecule has 0 aliphatic carbocycles. The first kappa shape index (κ1) is 28.7. The summed E-state index contributed by atoms with van der Waals surface area (Å²) in [4.78, 5) is 56.4. The molecule has 208 valence electrons. The van der Waals surface area contributed by atoms with Crippen molar-refractivity contribution >= 4 is 80.3 Å². The predicted octanol–water partition coefficient (Wildman–Crippen LogP) is 0.710. The first-order valence-corrected chi connectivity index (χ1v) is 15.1. The SMILES string of the molecule is CC(C)(C)OC(=O)CON=C(C(=O)NC1C(=O)N2C(C(=O)O)=C(CSc3nncs3)CS[C@H]12)[s+]1ncc(N)n1. The van der Waals surface area contributed by atoms with Crippen molar-refractivity contribution in [3.05, 3.63) is 23.0 Å². The summed E-state index contributed by atoms with van der Waals surface area (Å²) >= 11 is 3.98. The number of nitrogens with one attached hydrogen (secondary N) is 1. The maximum atomic E-state index is 13.1. The van der Waals surface area contributed by atoms with Gasteiger partial charge in [-0.15, -0.1) is 22.0 Å². The first-order valence-electron chi connectivity index (χ1n) is 11.1. The summed E-state index contributed by atoms with van der Waals surface area (Å²) in [5.41, 5.74) is 6.93. The van der Waals surface area contributed by atoms with E-state index >= 15 is 0 Å². The Morgan fingerprint density at radius 2 is 2.15 bits per heavy atom. The fourth-order valence-corrected chi connectivity index (χ4v) is 7.39. The second-order valence-corrected chi connectivity index (χ2v) is 13.4. The fraction of sp³-hybridized carbons (Fsp3) is 0.450. The van der Waals surface area contributed by atoms with E-state index in [0.717, 1.165) is 0 Å². The van der Waals surface area contributed by atoms with Gasteiger partial charge in [-0.3, -0.25) is 14.5 Å². The molecule has 0 aromatic carbocycles. The number of ether oxygens (including phenoxy) is 1. The first-order chi connectivity index (χ1) is 18.4. The molecule has 2 aliphatic heterocycles. The van der Waals surface area contributed by atoms with Gasteiger partial charge < -0.3 is 25.7 Å². The second-order valence-electron chi connectivity index (χ2n) is 8.88. The lowest BCUT2D eigenvalue weighted by Crippen LogP contribution is -2.71. The topological polar surface area (TPSA) is 212 Å². The van der Waals surface area contributed by atoms with Gasteiger partial charge in [0.25, 0.3) is 16.8 Å². The number of hydrogen-bond acceptors (Lipinski definition) is 15. The minimum atomic E-state index is -1.47. The summed E-state index contributed by atoms with van der Waals surface area (Å²) < 4.78 is 13.9. The van der Waals surface area contributed by atoms with Crippen molar-refractivity contribution in [2.45, 2.75) is 42.1 Å². The zero-order valence-corrected chi connectivity index (χ0v) is 24.0. The average molecular weight is 616 g/mol. The summed E-state index contributed by atoms with van der Waals surface area (Å²) in [6, 6.07) is -1.03. The van der Waals surface area contributed by atoms with Gasteiger partial charge in [-0.25, -0.2) is 9.59 Å². The Kier molecular flexibility index (Phi) is 8.72. The molecule has 15 nitrogen and oxygen atoms in total. The zero-order chi connectivity index (χ0) is 28.3. The standard InChI is InChI=1S/C20H22N8O7S4/c1-20(2,3)35-11(29)5-34-26-15(39-23-4-10(21)27-39)14(30)24-12-16(31)28-13(18(32)33)9(6-36-17(12)28)7-37-19-25-22-8-38-19/h4,8,12,17H,5-7H2,1-3H3,(H3-,21,24,27,30,32,33)/p+1/t12?,17-,39?/m1/s1. The molecule has 0 radical (unpaired) electrons. The van der Waals surface area contributed by atoms with Gasteiger partial charge in [-0.1, -0.05) is 23.1 Å². The Bertz CT molecular complexity index is 1340. The van der Waals surface area contributed by atoms with Crippen LogP contribution >= 0.6 is 45.7 Å². The number of carbonyl (C=O) groups excluding carboxylic acids is 3. The Labute approximate surface area is 236 Å². The molecule has 3 atom stereocenters. The van der Waals surface area contributed by atoms with Crippen LogP contribution in [-0.4, -0.2) is 92.9 Å². The molecule has 2 amide bonds. The van der Waals surface area contributed by atoms with Crippen LogP contribution in [0.4, 0.5) is 5.82 Å². The number of oxime groups is 1. The molecule has 19 heteroatoms. The molecule has 1 saturated heterocycles. The van der Waals surface area contributed by atoms with E-state index in [9.17, 15) is 24.3 Å². The second kappa shape index (κ2) is 11.8. The molecule has 2 aromatic rings. The number of carbonyl (C=O) groups is 4. The molecule has 0 saturated carbocycles. The third kappa shape index (κ3) is 6.84. The van der Waals surface area contributed by atoms with Crippen molar-refractivity contribution in [3.63, 3.8) is 0 Å². The number of amides is 2. The van der Waals surface area contributed by atoms with E-state index in [4.69, 9.17) is 15.3 Å². The number of carboxylic acids is 1. The van der Waals surface area contributed by atoms with Crippen LogP contribution in [0.1, 0.15) is 20.8 Å². The molecule has 0 spiro atoms. The third-order valence-electron chi connectivity index (χ3n) is 4.84. The molecule has 0 bridgehead atoms. The average Bonchev–Trinajstić information content (AvgIpc) is 3.53. The number of nitrogens with two attached hydrogens (primary N) is 1. The number of esters is 1. The van der Waals surface area contributed by atoms with Crippen LogP contribution in [0.15, 0.2) is 32.5 Å². The van der Waals surface area contributed by atoms with E-state index < -0.39 is 58.2 Å². The van der Waals surface area contributed by atoms with Gasteiger partial charge in [0.2, 0.25) is 12.4 Å². The number of aliphatic carboxylic acids is 1. The van der Waals surface area contributed by atoms with Crippen LogP contribution < -0.4 is 11.1 Å². The Hall–Kier alpha value is -3.29. The number of thioether (sulfide) groups is 2. The highest BCUT2D eigenvalue weighted by atomic mass is 32.2. The van der Waals surface area contributed by atoms with Crippen molar-refractivity contribution in [1.82, 2.24) is 29.2 Å². The van der Waals surface area contributed by atoms with Gasteiger partial charge in [-0.05, 0) is 35.9 Å². The normalized spacial score (nSPS) is 19.8. The van der Waals surface area contributed by atoms with E-state index in [1.54, 1.807) is 26.3 Å². The quantitative estimate of drug-likeness (QED) is 0.0839. The Morgan fingerprint density at radius 3 is 2.77 bits per heavy atom. The van der Waals surface area contributed by atoms with Gasteiger partial charge in [0, 0.05) is 15.9 Å². The van der Waals surface area contributed by atoms with Crippen molar-refractivity contribution in [3.8, 4) is 0 Å². The summed E-state index contributed by atoms with van der Waals surface area (Å²) in [6.45, 7) is 4.49. The fourth-order valence-electron chi connectivity index (χ4n) is 3.39. The van der Waals surface area contributed by atoms with Crippen molar-refractivity contribution in [2.24, 2.45) is 5.16 Å². The Balaban J connectivity index is 1.46. The number of β-lactam (4-membered cyclic amide) rings is 1. The smallest absolute Gasteiger partial charge is 0.419 e. The molecule has 39 heavy (non-hydrogen) atoms. The minimum absolute atomic E-state index is 0.0647. The van der Waals surface area contributed by atoms with Gasteiger partial charge in [0.15, 0.2) is 4.34 Å². The van der Waals surface area contributed by atoms with E-state index in [0.29, 0.717) is 21.4 Å². The van der Waals surface area contributed by atoms with Crippen LogP contribution in [0.25, 0.3) is 0 Å². The van der Waals surface area contributed by atoms with Crippen LogP contribution in [0, 0.1) is 0 Å². The van der Waals surface area contributed by atoms with Crippen LogP contribution in [0.5, 0.6) is 0 Å². The molecule has 4 N–H and O–H groups in total. The number of nitrogens with zero attached hydrogens (tertiary/aromatic N) is 6. The number of nitrogen functional groups attached to an aromatic ring is 1. The van der Waals surface area contributed by atoms with E-state index in [-0.39, 0.29) is 16.6 Å². The summed E-state index contributed by atoms with van der Waals surface area (Å²) in [6.07, 6.45) is 1.25. The molecular weight excluding hydrogens is 593 g/mol. The number of rotatable bonds is 10. The van der Waals surface area contributed by atoms with E-state index in [2.05, 4.69) is 29.4 Å². The van der Waals surface area contributed by atoms with Gasteiger partial charge in [0.05, 0.1) is 0 Å². The summed E-state index contributed by atoms with van der Waals surface area (Å²) in [7, 11) is -1.47. The molecule has 1 fully saturated rings. The number of fused-ring (bicyclic) bond motifs is 1. The maximum Gasteiger partial charge on any atom is 0.419 e. The summed E-state index contributed by atoms with van der Waals surface area (Å²) in [5, 5.41) is 22.9. The lowest BCUT2D eigenvalue weighted by molar-refractivity contribution is -0.160. The number of hydrogen-bond donors (Lipinski definition) is 3. The van der Waals surface area contributed by atoms with Crippen molar-refractivity contribution < 1.29 is 33.9 Å². The van der Waals surface area contributed by atoms with E-state index in [1.807, 2.05) is 0 Å². The highest BCUT2D eigenvalue weighted by Crippen LogP contribution is 2.41. The number of anilines is 1. The van der Waals surface area contributed by atoms with E-state index in [1.165, 1.54) is 46.0 Å². The number of carboxylic acid groups (broad SMARTS) is 1.